The number of carbonyl (C=O) groups excluding carboxylic acids is 1. The number of aromatic nitrogens is 1. The fourth-order valence-electron chi connectivity index (χ4n) is 4.04. The van der Waals surface area contributed by atoms with Crippen LogP contribution in [0.15, 0.2) is 23.2 Å². The highest BCUT2D eigenvalue weighted by atomic mass is 32.2. The number of pyridine rings is 1. The highest BCUT2D eigenvalue weighted by molar-refractivity contribution is 7.89. The fraction of sp³-hybridized carbons (Fsp3) is 0.684. The van der Waals surface area contributed by atoms with E-state index >= 15 is 0 Å². The Bertz CT molecular complexity index is 796. The van der Waals surface area contributed by atoms with Gasteiger partial charge in [-0.25, -0.2) is 13.4 Å². The predicted molar refractivity (Wildman–Crippen MR) is 108 cm³/mol. The average Bonchev–Trinajstić information content (AvgIpc) is 3.30. The predicted octanol–water partition coefficient (Wildman–Crippen LogP) is -0.153. The molecule has 0 N–H and O–H groups in total. The van der Waals surface area contributed by atoms with Crippen LogP contribution in [-0.2, 0) is 19.6 Å². The van der Waals surface area contributed by atoms with Crippen molar-refractivity contribution in [1.82, 2.24) is 19.1 Å². The Balaban J connectivity index is 1.31. The van der Waals surface area contributed by atoms with Crippen molar-refractivity contribution in [3.63, 3.8) is 0 Å². The van der Waals surface area contributed by atoms with Crippen molar-refractivity contribution >= 4 is 21.7 Å². The Morgan fingerprint density at radius 2 is 1.66 bits per heavy atom. The van der Waals surface area contributed by atoms with Gasteiger partial charge < -0.3 is 14.5 Å². The van der Waals surface area contributed by atoms with Gasteiger partial charge in [0.05, 0.1) is 19.8 Å². The number of piperazine rings is 1. The number of nitrogens with zero attached hydrogens (tertiary/aromatic N) is 5. The summed E-state index contributed by atoms with van der Waals surface area (Å²) in [5.41, 5.74) is 0. The first-order valence-corrected chi connectivity index (χ1v) is 11.8. The number of morpholine rings is 1. The molecule has 0 aliphatic carbocycles. The number of rotatable bonds is 5. The van der Waals surface area contributed by atoms with E-state index in [1.54, 1.807) is 12.1 Å². The van der Waals surface area contributed by atoms with Crippen LogP contribution in [0.2, 0.25) is 0 Å². The number of anilines is 1. The summed E-state index contributed by atoms with van der Waals surface area (Å²) < 4.78 is 32.1. The second kappa shape index (κ2) is 8.95. The van der Waals surface area contributed by atoms with Gasteiger partial charge in [-0.15, -0.1) is 0 Å². The number of carbonyl (C=O) groups is 1. The van der Waals surface area contributed by atoms with Gasteiger partial charge in [0.1, 0.15) is 10.7 Å². The van der Waals surface area contributed by atoms with Crippen LogP contribution in [0.3, 0.4) is 0 Å². The average molecular weight is 424 g/mol. The summed E-state index contributed by atoms with van der Waals surface area (Å²) in [7, 11) is -3.52. The Kier molecular flexibility index (Phi) is 6.33. The van der Waals surface area contributed by atoms with E-state index in [1.165, 1.54) is 10.5 Å². The topological polar surface area (TPSA) is 86.3 Å². The first-order chi connectivity index (χ1) is 14.0. The van der Waals surface area contributed by atoms with Crippen molar-refractivity contribution in [1.29, 1.82) is 0 Å². The highest BCUT2D eigenvalue weighted by Crippen LogP contribution is 2.20. The number of hydrogen-bond donors (Lipinski definition) is 0. The summed E-state index contributed by atoms with van der Waals surface area (Å²) in [6, 6.07) is 3.41. The third-order valence-corrected chi connectivity index (χ3v) is 7.72. The molecule has 160 valence electrons. The second-order valence-electron chi connectivity index (χ2n) is 7.72. The van der Waals surface area contributed by atoms with Crippen LogP contribution in [0.5, 0.6) is 0 Å². The molecule has 3 fully saturated rings. The van der Waals surface area contributed by atoms with E-state index in [0.29, 0.717) is 32.8 Å². The Morgan fingerprint density at radius 1 is 0.966 bits per heavy atom. The molecule has 9 nitrogen and oxygen atoms in total. The van der Waals surface area contributed by atoms with Gasteiger partial charge in [0.15, 0.2) is 0 Å². The van der Waals surface area contributed by atoms with E-state index in [1.807, 2.05) is 4.90 Å². The summed E-state index contributed by atoms with van der Waals surface area (Å²) in [5, 5.41) is 0. The Hall–Kier alpha value is -1.75. The van der Waals surface area contributed by atoms with Crippen molar-refractivity contribution in [2.45, 2.75) is 17.7 Å². The van der Waals surface area contributed by atoms with Crippen LogP contribution in [0.4, 0.5) is 5.82 Å². The molecule has 0 saturated carbocycles. The van der Waals surface area contributed by atoms with E-state index in [9.17, 15) is 13.2 Å². The van der Waals surface area contributed by atoms with Gasteiger partial charge in [-0.2, -0.15) is 4.31 Å². The van der Waals surface area contributed by atoms with Gasteiger partial charge in [0.2, 0.25) is 15.9 Å². The highest BCUT2D eigenvalue weighted by Gasteiger charge is 2.27. The monoisotopic (exact) mass is 423 g/mol. The van der Waals surface area contributed by atoms with E-state index in [-0.39, 0.29) is 10.8 Å². The van der Waals surface area contributed by atoms with Gasteiger partial charge in [0.25, 0.3) is 0 Å². The zero-order valence-corrected chi connectivity index (χ0v) is 17.5. The molecule has 10 heteroatoms. The molecule has 3 saturated heterocycles. The molecule has 0 aromatic carbocycles. The molecular weight excluding hydrogens is 394 g/mol. The van der Waals surface area contributed by atoms with Gasteiger partial charge in [-0.3, -0.25) is 9.69 Å². The molecule has 3 aliphatic rings. The molecule has 0 unspecified atom stereocenters. The van der Waals surface area contributed by atoms with Crippen molar-refractivity contribution in [3.8, 4) is 0 Å². The minimum absolute atomic E-state index is 0.220. The van der Waals surface area contributed by atoms with Crippen LogP contribution in [0, 0.1) is 0 Å². The number of sulfonamides is 1. The zero-order chi connectivity index (χ0) is 20.3. The Morgan fingerprint density at radius 3 is 2.28 bits per heavy atom. The minimum atomic E-state index is -3.52. The third kappa shape index (κ3) is 4.71. The van der Waals surface area contributed by atoms with Crippen LogP contribution in [-0.4, -0.2) is 106 Å². The fourth-order valence-corrected chi connectivity index (χ4v) is 5.39. The molecule has 1 aromatic rings. The normalized spacial score (nSPS) is 22.2. The summed E-state index contributed by atoms with van der Waals surface area (Å²) in [5.74, 6) is 1.00. The quantitative estimate of drug-likeness (QED) is 0.651. The number of hydrogen-bond acceptors (Lipinski definition) is 7. The first-order valence-electron chi connectivity index (χ1n) is 10.3. The SMILES string of the molecule is O=C(CN1CCN(c2ccc(S(=O)(=O)N3CCOCC3)cn2)CC1)N1CCCC1. The van der Waals surface area contributed by atoms with Crippen LogP contribution in [0.25, 0.3) is 0 Å². The van der Waals surface area contributed by atoms with E-state index in [0.717, 1.165) is 57.9 Å². The molecule has 1 amide bonds. The van der Waals surface area contributed by atoms with Crippen molar-refractivity contribution in [2.24, 2.45) is 0 Å². The standard InChI is InChI=1S/C19H29N5O4S/c25-19(23-5-1-2-6-23)16-21-7-9-22(10-8-21)18-4-3-17(15-20-18)29(26,27)24-11-13-28-14-12-24/h3-4,15H,1-2,5-14,16H2. The molecule has 29 heavy (non-hydrogen) atoms. The number of likely N-dealkylation sites (tertiary alicyclic amines) is 1. The lowest BCUT2D eigenvalue weighted by atomic mass is 10.3. The lowest BCUT2D eigenvalue weighted by Crippen LogP contribution is -2.50. The molecule has 0 radical (unpaired) electrons. The van der Waals surface area contributed by atoms with Crippen molar-refractivity contribution < 1.29 is 17.9 Å². The minimum Gasteiger partial charge on any atom is -0.379 e. The number of ether oxygens (including phenoxy) is 1. The van der Waals surface area contributed by atoms with Gasteiger partial charge in [-0.05, 0) is 25.0 Å². The van der Waals surface area contributed by atoms with Crippen LogP contribution in [0.1, 0.15) is 12.8 Å². The maximum absolute atomic E-state index is 12.7. The largest absolute Gasteiger partial charge is 0.379 e. The van der Waals surface area contributed by atoms with E-state index in [2.05, 4.69) is 14.8 Å². The van der Waals surface area contributed by atoms with Crippen LogP contribution < -0.4 is 4.90 Å². The van der Waals surface area contributed by atoms with Gasteiger partial charge in [-0.1, -0.05) is 0 Å². The lowest BCUT2D eigenvalue weighted by Gasteiger charge is -2.35. The van der Waals surface area contributed by atoms with E-state index < -0.39 is 10.0 Å². The summed E-state index contributed by atoms with van der Waals surface area (Å²) in [6.07, 6.45) is 3.67. The number of amides is 1. The van der Waals surface area contributed by atoms with Gasteiger partial charge in [0, 0.05) is 58.6 Å². The molecule has 4 heterocycles. The zero-order valence-electron chi connectivity index (χ0n) is 16.7. The summed E-state index contributed by atoms with van der Waals surface area (Å²) >= 11 is 0. The molecule has 1 aromatic heterocycles. The van der Waals surface area contributed by atoms with Crippen molar-refractivity contribution in [2.75, 3.05) is 77.0 Å². The first kappa shape index (κ1) is 20.5. The maximum atomic E-state index is 12.7. The van der Waals surface area contributed by atoms with E-state index in [4.69, 9.17) is 4.74 Å². The molecule has 0 atom stereocenters. The van der Waals surface area contributed by atoms with Crippen LogP contribution >= 0.6 is 0 Å². The lowest BCUT2D eigenvalue weighted by molar-refractivity contribution is -0.131. The smallest absolute Gasteiger partial charge is 0.244 e. The molecular formula is C19H29N5O4S. The Labute approximate surface area is 172 Å². The second-order valence-corrected chi connectivity index (χ2v) is 9.66. The molecule has 3 aliphatic heterocycles. The molecule has 0 bridgehead atoms. The molecule has 4 rings (SSSR count). The maximum Gasteiger partial charge on any atom is 0.244 e. The summed E-state index contributed by atoms with van der Waals surface area (Å²) in [4.78, 5) is 23.2. The third-order valence-electron chi connectivity index (χ3n) is 5.84. The van der Waals surface area contributed by atoms with Crippen molar-refractivity contribution in [3.05, 3.63) is 18.3 Å². The van der Waals surface area contributed by atoms with Gasteiger partial charge >= 0.3 is 0 Å². The molecule has 0 spiro atoms. The summed E-state index contributed by atoms with van der Waals surface area (Å²) in [6.45, 7) is 7.02.